The van der Waals surface area contributed by atoms with Crippen LogP contribution in [0.1, 0.15) is 18.4 Å². The van der Waals surface area contributed by atoms with Gasteiger partial charge in [-0.15, -0.1) is 0 Å². The second-order valence-corrected chi connectivity index (χ2v) is 5.49. The summed E-state index contributed by atoms with van der Waals surface area (Å²) in [7, 11) is 0. The molecule has 0 spiro atoms. The van der Waals surface area contributed by atoms with Gasteiger partial charge in [0.25, 0.3) is 0 Å². The van der Waals surface area contributed by atoms with Crippen molar-refractivity contribution in [2.45, 2.75) is 31.7 Å². The maximum Gasteiger partial charge on any atom is 0.219 e. The smallest absolute Gasteiger partial charge is 0.219 e. The molecular formula is C13H16O2S2. The van der Waals surface area contributed by atoms with Crippen LogP contribution in [-0.4, -0.2) is 22.8 Å². The standard InChI is InChI=1S/C13H16O2S2/c1-17-13(16)15-12-7-11(8-12)14-9-10-5-3-2-4-6-10/h2-6,11-12H,7-9H2,1H3. The van der Waals surface area contributed by atoms with Crippen LogP contribution in [0.5, 0.6) is 0 Å². The third-order valence-electron chi connectivity index (χ3n) is 2.81. The summed E-state index contributed by atoms with van der Waals surface area (Å²) in [6, 6.07) is 10.2. The van der Waals surface area contributed by atoms with Gasteiger partial charge in [0.05, 0.1) is 12.7 Å². The molecule has 0 N–H and O–H groups in total. The van der Waals surface area contributed by atoms with E-state index in [0.29, 0.717) is 17.1 Å². The molecule has 0 bridgehead atoms. The quantitative estimate of drug-likeness (QED) is 0.779. The van der Waals surface area contributed by atoms with Crippen LogP contribution in [0.2, 0.25) is 0 Å². The molecule has 17 heavy (non-hydrogen) atoms. The molecule has 0 saturated heterocycles. The summed E-state index contributed by atoms with van der Waals surface area (Å²) in [6.45, 7) is 0.686. The lowest BCUT2D eigenvalue weighted by molar-refractivity contribution is -0.0703. The van der Waals surface area contributed by atoms with Crippen molar-refractivity contribution in [3.63, 3.8) is 0 Å². The topological polar surface area (TPSA) is 18.5 Å². The minimum atomic E-state index is 0.260. The zero-order valence-corrected chi connectivity index (χ0v) is 11.4. The summed E-state index contributed by atoms with van der Waals surface area (Å²) < 4.78 is 11.9. The molecule has 1 aliphatic carbocycles. The third kappa shape index (κ3) is 3.98. The van der Waals surface area contributed by atoms with Crippen LogP contribution in [0, 0.1) is 0 Å². The Balaban J connectivity index is 1.63. The number of thiocarbonyl (C=S) groups is 1. The van der Waals surface area contributed by atoms with Gasteiger partial charge in [0.1, 0.15) is 6.10 Å². The third-order valence-corrected chi connectivity index (χ3v) is 3.84. The highest BCUT2D eigenvalue weighted by Crippen LogP contribution is 2.28. The van der Waals surface area contributed by atoms with E-state index in [1.54, 1.807) is 0 Å². The van der Waals surface area contributed by atoms with E-state index in [-0.39, 0.29) is 6.10 Å². The molecule has 2 nitrogen and oxygen atoms in total. The van der Waals surface area contributed by atoms with Gasteiger partial charge < -0.3 is 9.47 Å². The van der Waals surface area contributed by atoms with Gasteiger partial charge in [-0.2, -0.15) is 0 Å². The maximum atomic E-state index is 5.78. The van der Waals surface area contributed by atoms with Gasteiger partial charge in [-0.1, -0.05) is 42.1 Å². The molecule has 1 aliphatic rings. The fourth-order valence-electron chi connectivity index (χ4n) is 1.72. The van der Waals surface area contributed by atoms with Crippen molar-refractivity contribution in [1.82, 2.24) is 0 Å². The molecule has 1 fully saturated rings. The Morgan fingerprint density at radius 3 is 2.65 bits per heavy atom. The van der Waals surface area contributed by atoms with Crippen molar-refractivity contribution < 1.29 is 9.47 Å². The minimum Gasteiger partial charge on any atom is -0.475 e. The van der Waals surface area contributed by atoms with E-state index < -0.39 is 0 Å². The number of ether oxygens (including phenoxy) is 2. The molecule has 0 heterocycles. The molecule has 0 amide bonds. The summed E-state index contributed by atoms with van der Waals surface area (Å²) in [4.78, 5) is 0. The van der Waals surface area contributed by atoms with Gasteiger partial charge in [-0.25, -0.2) is 0 Å². The molecule has 1 aromatic rings. The van der Waals surface area contributed by atoms with Crippen molar-refractivity contribution in [2.75, 3.05) is 6.26 Å². The second-order valence-electron chi connectivity index (χ2n) is 4.08. The van der Waals surface area contributed by atoms with Crippen molar-refractivity contribution >= 4 is 28.4 Å². The number of hydrogen-bond acceptors (Lipinski definition) is 4. The van der Waals surface area contributed by atoms with Crippen LogP contribution in [0.4, 0.5) is 0 Å². The predicted octanol–water partition coefficient (Wildman–Crippen LogP) is 3.40. The minimum absolute atomic E-state index is 0.260. The summed E-state index contributed by atoms with van der Waals surface area (Å²) in [5.74, 6) is 0. The monoisotopic (exact) mass is 268 g/mol. The first kappa shape index (κ1) is 12.9. The van der Waals surface area contributed by atoms with E-state index in [4.69, 9.17) is 21.7 Å². The Morgan fingerprint density at radius 1 is 1.29 bits per heavy atom. The number of hydrogen-bond donors (Lipinski definition) is 0. The molecule has 2 rings (SSSR count). The molecule has 1 saturated carbocycles. The van der Waals surface area contributed by atoms with E-state index in [2.05, 4.69) is 12.1 Å². The van der Waals surface area contributed by atoms with Crippen molar-refractivity contribution in [3.05, 3.63) is 35.9 Å². The summed E-state index contributed by atoms with van der Waals surface area (Å²) in [5, 5.41) is 0. The number of thioether (sulfide) groups is 1. The van der Waals surface area contributed by atoms with E-state index in [1.807, 2.05) is 24.5 Å². The predicted molar refractivity (Wildman–Crippen MR) is 75.2 cm³/mol. The zero-order chi connectivity index (χ0) is 12.1. The molecule has 0 atom stereocenters. The lowest BCUT2D eigenvalue weighted by atomic mass is 9.92. The Kier molecular flexibility index (Phi) is 4.83. The lowest BCUT2D eigenvalue weighted by Crippen LogP contribution is -2.38. The number of benzene rings is 1. The Morgan fingerprint density at radius 2 is 2.00 bits per heavy atom. The normalized spacial score (nSPS) is 22.9. The fourth-order valence-corrected chi connectivity index (χ4v) is 2.09. The summed E-state index contributed by atoms with van der Waals surface area (Å²) in [5.41, 5.74) is 1.22. The fraction of sp³-hybridized carbons (Fsp3) is 0.462. The van der Waals surface area contributed by atoms with Gasteiger partial charge in [-0.05, 0) is 24.0 Å². The van der Waals surface area contributed by atoms with Gasteiger partial charge in [-0.3, -0.25) is 0 Å². The van der Waals surface area contributed by atoms with E-state index >= 15 is 0 Å². The average Bonchev–Trinajstić information content (AvgIpc) is 2.32. The van der Waals surface area contributed by atoms with Crippen molar-refractivity contribution in [2.24, 2.45) is 0 Å². The second kappa shape index (κ2) is 6.38. The van der Waals surface area contributed by atoms with Gasteiger partial charge >= 0.3 is 0 Å². The SMILES string of the molecule is CSC(=S)OC1CC(OCc2ccccc2)C1. The number of rotatable bonds is 4. The van der Waals surface area contributed by atoms with E-state index in [1.165, 1.54) is 17.3 Å². The van der Waals surface area contributed by atoms with Crippen LogP contribution in [0.15, 0.2) is 30.3 Å². The Hall–Kier alpha value is -0.580. The summed E-state index contributed by atoms with van der Waals surface area (Å²) in [6.07, 6.45) is 4.42. The lowest BCUT2D eigenvalue weighted by Gasteiger charge is -2.34. The van der Waals surface area contributed by atoms with Crippen molar-refractivity contribution in [3.8, 4) is 0 Å². The Labute approximate surface area is 112 Å². The van der Waals surface area contributed by atoms with Gasteiger partial charge in [0.15, 0.2) is 0 Å². The van der Waals surface area contributed by atoms with Gasteiger partial charge in [0, 0.05) is 12.8 Å². The molecule has 92 valence electrons. The molecule has 1 aromatic carbocycles. The van der Waals surface area contributed by atoms with Crippen LogP contribution >= 0.6 is 24.0 Å². The molecule has 0 unspecified atom stereocenters. The van der Waals surface area contributed by atoms with Crippen molar-refractivity contribution in [1.29, 1.82) is 0 Å². The first-order valence-corrected chi connectivity index (χ1v) is 7.31. The van der Waals surface area contributed by atoms with Gasteiger partial charge in [0.2, 0.25) is 4.38 Å². The molecular weight excluding hydrogens is 252 g/mol. The first-order chi connectivity index (χ1) is 8.28. The van der Waals surface area contributed by atoms with Crippen LogP contribution < -0.4 is 0 Å². The first-order valence-electron chi connectivity index (χ1n) is 5.68. The average molecular weight is 268 g/mol. The molecule has 0 radical (unpaired) electrons. The van der Waals surface area contributed by atoms with Crippen LogP contribution in [0.3, 0.4) is 0 Å². The molecule has 4 heteroatoms. The largest absolute Gasteiger partial charge is 0.475 e. The highest BCUT2D eigenvalue weighted by molar-refractivity contribution is 8.22. The van der Waals surface area contributed by atoms with E-state index in [0.717, 1.165) is 12.8 Å². The Bertz CT molecular complexity index is 361. The summed E-state index contributed by atoms with van der Waals surface area (Å²) >= 11 is 6.49. The molecule has 0 aromatic heterocycles. The van der Waals surface area contributed by atoms with Crippen LogP contribution in [0.25, 0.3) is 0 Å². The maximum absolute atomic E-state index is 5.78. The highest BCUT2D eigenvalue weighted by Gasteiger charge is 2.32. The zero-order valence-electron chi connectivity index (χ0n) is 9.80. The molecule has 0 aliphatic heterocycles. The van der Waals surface area contributed by atoms with Crippen LogP contribution in [-0.2, 0) is 16.1 Å². The van der Waals surface area contributed by atoms with E-state index in [9.17, 15) is 0 Å². The highest BCUT2D eigenvalue weighted by atomic mass is 32.2.